The summed E-state index contributed by atoms with van der Waals surface area (Å²) in [6.45, 7) is 9.04. The normalized spacial score (nSPS) is 10.3. The lowest BCUT2D eigenvalue weighted by atomic mass is 10.4. The molecule has 0 aromatic carbocycles. The summed E-state index contributed by atoms with van der Waals surface area (Å²) in [5.41, 5.74) is 1.01. The zero-order chi connectivity index (χ0) is 11.1. The van der Waals surface area contributed by atoms with Crippen molar-refractivity contribution >= 4 is 5.82 Å². The first-order valence-corrected chi connectivity index (χ1v) is 5.49. The molecule has 2 N–H and O–H groups in total. The van der Waals surface area contributed by atoms with Crippen LogP contribution < -0.4 is 10.6 Å². The van der Waals surface area contributed by atoms with Crippen LogP contribution in [0.15, 0.2) is 6.07 Å². The van der Waals surface area contributed by atoms with E-state index in [1.54, 1.807) is 0 Å². The molecule has 0 amide bonds. The second-order valence-electron chi connectivity index (χ2n) is 3.58. The number of aromatic nitrogens is 2. The molecule has 1 aromatic rings. The molecule has 0 fully saturated rings. The van der Waals surface area contributed by atoms with Crippen LogP contribution >= 0.6 is 0 Å². The van der Waals surface area contributed by atoms with E-state index in [1.165, 1.54) is 0 Å². The molecular formula is C11H20N4. The van der Waals surface area contributed by atoms with E-state index in [9.17, 15) is 0 Å². The topological polar surface area (TPSA) is 49.8 Å². The van der Waals surface area contributed by atoms with Gasteiger partial charge < -0.3 is 10.6 Å². The van der Waals surface area contributed by atoms with Gasteiger partial charge in [0.15, 0.2) is 0 Å². The van der Waals surface area contributed by atoms with Crippen molar-refractivity contribution < 1.29 is 0 Å². The van der Waals surface area contributed by atoms with Gasteiger partial charge in [-0.25, -0.2) is 9.97 Å². The summed E-state index contributed by atoms with van der Waals surface area (Å²) in [5.74, 6) is 1.75. The lowest BCUT2D eigenvalue weighted by molar-refractivity contribution is 0.688. The molecule has 0 atom stereocenters. The summed E-state index contributed by atoms with van der Waals surface area (Å²) in [6.07, 6.45) is 1.11. The van der Waals surface area contributed by atoms with E-state index < -0.39 is 0 Å². The Balaban J connectivity index is 2.31. The Labute approximate surface area is 91.5 Å². The van der Waals surface area contributed by atoms with Crippen molar-refractivity contribution in [2.75, 3.05) is 25.0 Å². The van der Waals surface area contributed by atoms with Crippen LogP contribution in [0.25, 0.3) is 0 Å². The molecule has 0 saturated carbocycles. The molecule has 0 spiro atoms. The number of hydrogen-bond acceptors (Lipinski definition) is 4. The smallest absolute Gasteiger partial charge is 0.129 e. The van der Waals surface area contributed by atoms with Gasteiger partial charge in [0.25, 0.3) is 0 Å². The minimum absolute atomic E-state index is 0.823. The fraction of sp³-hybridized carbons (Fsp3) is 0.636. The Morgan fingerprint density at radius 3 is 2.67 bits per heavy atom. The lowest BCUT2D eigenvalue weighted by Crippen LogP contribution is -2.17. The van der Waals surface area contributed by atoms with Gasteiger partial charge in [-0.05, 0) is 33.4 Å². The zero-order valence-corrected chi connectivity index (χ0v) is 9.80. The van der Waals surface area contributed by atoms with Gasteiger partial charge in [-0.15, -0.1) is 0 Å². The van der Waals surface area contributed by atoms with Crippen LogP contribution in [-0.4, -0.2) is 29.6 Å². The summed E-state index contributed by atoms with van der Waals surface area (Å²) in [5, 5.41) is 6.58. The molecule has 0 radical (unpaired) electrons. The second kappa shape index (κ2) is 6.35. The predicted octanol–water partition coefficient (Wildman–Crippen LogP) is 1.50. The molecule has 1 aromatic heterocycles. The quantitative estimate of drug-likeness (QED) is 0.696. The van der Waals surface area contributed by atoms with Gasteiger partial charge in [-0.3, -0.25) is 0 Å². The van der Waals surface area contributed by atoms with Crippen LogP contribution in [0.1, 0.15) is 24.9 Å². The number of rotatable bonds is 6. The summed E-state index contributed by atoms with van der Waals surface area (Å²) in [4.78, 5) is 8.54. The number of aryl methyl sites for hydroxylation is 2. The zero-order valence-electron chi connectivity index (χ0n) is 9.80. The third-order valence-corrected chi connectivity index (χ3v) is 2.05. The van der Waals surface area contributed by atoms with Crippen molar-refractivity contribution in [3.8, 4) is 0 Å². The number of anilines is 1. The highest BCUT2D eigenvalue weighted by atomic mass is 15.0. The van der Waals surface area contributed by atoms with Gasteiger partial charge in [0.1, 0.15) is 11.6 Å². The van der Waals surface area contributed by atoms with Gasteiger partial charge in [-0.1, -0.05) is 6.92 Å². The Hall–Kier alpha value is -1.16. The van der Waals surface area contributed by atoms with Crippen LogP contribution in [-0.2, 0) is 0 Å². The van der Waals surface area contributed by atoms with Gasteiger partial charge >= 0.3 is 0 Å². The fourth-order valence-electron chi connectivity index (χ4n) is 1.41. The third-order valence-electron chi connectivity index (χ3n) is 2.05. The molecule has 0 aliphatic rings. The minimum Gasteiger partial charge on any atom is -0.370 e. The second-order valence-corrected chi connectivity index (χ2v) is 3.58. The molecule has 1 rings (SSSR count). The summed E-state index contributed by atoms with van der Waals surface area (Å²) in [7, 11) is 0. The van der Waals surface area contributed by atoms with Crippen molar-refractivity contribution in [2.45, 2.75) is 27.2 Å². The van der Waals surface area contributed by atoms with Crippen molar-refractivity contribution in [2.24, 2.45) is 0 Å². The molecule has 4 nitrogen and oxygen atoms in total. The molecule has 0 unspecified atom stereocenters. The van der Waals surface area contributed by atoms with E-state index in [2.05, 4.69) is 27.5 Å². The fourth-order valence-corrected chi connectivity index (χ4v) is 1.41. The van der Waals surface area contributed by atoms with Gasteiger partial charge in [0.05, 0.1) is 0 Å². The number of nitrogens with zero attached hydrogens (tertiary/aromatic N) is 2. The van der Waals surface area contributed by atoms with Crippen LogP contribution in [0.5, 0.6) is 0 Å². The molecular weight excluding hydrogens is 188 g/mol. The third kappa shape index (κ3) is 4.74. The average Bonchev–Trinajstić information content (AvgIpc) is 2.16. The lowest BCUT2D eigenvalue weighted by Gasteiger charge is -2.07. The largest absolute Gasteiger partial charge is 0.370 e. The molecule has 15 heavy (non-hydrogen) atoms. The first kappa shape index (κ1) is 11.9. The first-order valence-electron chi connectivity index (χ1n) is 5.49. The van der Waals surface area contributed by atoms with E-state index >= 15 is 0 Å². The monoisotopic (exact) mass is 208 g/mol. The maximum Gasteiger partial charge on any atom is 0.129 e. The molecule has 0 saturated heterocycles. The van der Waals surface area contributed by atoms with Crippen molar-refractivity contribution in [3.63, 3.8) is 0 Å². The Bertz CT molecular complexity index is 278. The molecule has 84 valence electrons. The SMILES string of the molecule is CCNCCCNc1cc(C)nc(C)n1. The van der Waals surface area contributed by atoms with E-state index in [-0.39, 0.29) is 0 Å². The molecule has 4 heteroatoms. The summed E-state index contributed by atoms with van der Waals surface area (Å²) >= 11 is 0. The van der Waals surface area contributed by atoms with Crippen molar-refractivity contribution in [3.05, 3.63) is 17.6 Å². The van der Waals surface area contributed by atoms with E-state index in [0.29, 0.717) is 0 Å². The molecule has 0 aliphatic heterocycles. The van der Waals surface area contributed by atoms with Gasteiger partial charge in [0, 0.05) is 18.3 Å². The van der Waals surface area contributed by atoms with Crippen LogP contribution in [0.3, 0.4) is 0 Å². The Morgan fingerprint density at radius 1 is 1.20 bits per heavy atom. The molecule has 0 aliphatic carbocycles. The Morgan fingerprint density at radius 2 is 2.00 bits per heavy atom. The van der Waals surface area contributed by atoms with E-state index in [0.717, 1.165) is 43.4 Å². The maximum atomic E-state index is 4.31. The van der Waals surface area contributed by atoms with Crippen molar-refractivity contribution in [1.29, 1.82) is 0 Å². The predicted molar refractivity (Wildman–Crippen MR) is 63.2 cm³/mol. The van der Waals surface area contributed by atoms with Crippen LogP contribution in [0.4, 0.5) is 5.82 Å². The highest BCUT2D eigenvalue weighted by Crippen LogP contribution is 2.04. The van der Waals surface area contributed by atoms with Crippen molar-refractivity contribution in [1.82, 2.24) is 15.3 Å². The maximum absolute atomic E-state index is 4.31. The minimum atomic E-state index is 0.823. The number of nitrogens with one attached hydrogen (secondary N) is 2. The van der Waals surface area contributed by atoms with E-state index in [4.69, 9.17) is 0 Å². The first-order chi connectivity index (χ1) is 7.22. The highest BCUT2D eigenvalue weighted by molar-refractivity contribution is 5.35. The molecule has 0 bridgehead atoms. The Kier molecular flexibility index (Phi) is 5.04. The molecule has 1 heterocycles. The average molecular weight is 208 g/mol. The summed E-state index contributed by atoms with van der Waals surface area (Å²) in [6, 6.07) is 1.97. The van der Waals surface area contributed by atoms with Gasteiger partial charge in [0.2, 0.25) is 0 Å². The van der Waals surface area contributed by atoms with E-state index in [1.807, 2.05) is 19.9 Å². The number of hydrogen-bond donors (Lipinski definition) is 2. The van der Waals surface area contributed by atoms with Gasteiger partial charge in [-0.2, -0.15) is 0 Å². The van der Waals surface area contributed by atoms with Crippen LogP contribution in [0, 0.1) is 13.8 Å². The van der Waals surface area contributed by atoms with Crippen LogP contribution in [0.2, 0.25) is 0 Å². The highest BCUT2D eigenvalue weighted by Gasteiger charge is 1.97. The summed E-state index contributed by atoms with van der Waals surface area (Å²) < 4.78 is 0. The standard InChI is InChI=1S/C11H20N4/c1-4-12-6-5-7-13-11-8-9(2)14-10(3)15-11/h8,12H,4-7H2,1-3H3,(H,13,14,15).